The molecular formula is C11H16ClNO2S. The van der Waals surface area contributed by atoms with Crippen LogP contribution in [-0.2, 0) is 16.3 Å². The van der Waals surface area contributed by atoms with E-state index in [2.05, 4.69) is 4.98 Å². The van der Waals surface area contributed by atoms with Crippen LogP contribution in [0.1, 0.15) is 19.4 Å². The molecule has 0 amide bonds. The van der Waals surface area contributed by atoms with Crippen molar-refractivity contribution in [1.29, 1.82) is 0 Å². The van der Waals surface area contributed by atoms with Crippen molar-refractivity contribution in [2.45, 2.75) is 30.4 Å². The maximum absolute atomic E-state index is 11.6. The second kappa shape index (κ2) is 4.72. The first-order valence-electron chi connectivity index (χ1n) is 4.97. The first kappa shape index (κ1) is 13.5. The highest BCUT2D eigenvalue weighted by molar-refractivity contribution is 7.92. The van der Waals surface area contributed by atoms with Crippen LogP contribution in [0.5, 0.6) is 0 Å². The highest BCUT2D eigenvalue weighted by Gasteiger charge is 2.37. The van der Waals surface area contributed by atoms with Gasteiger partial charge in [0.15, 0.2) is 9.84 Å². The third kappa shape index (κ3) is 2.95. The Morgan fingerprint density at radius 3 is 2.31 bits per heavy atom. The van der Waals surface area contributed by atoms with Gasteiger partial charge in [0.2, 0.25) is 0 Å². The summed E-state index contributed by atoms with van der Waals surface area (Å²) in [5.74, 6) is 0. The maximum Gasteiger partial charge on any atom is 0.154 e. The van der Waals surface area contributed by atoms with E-state index >= 15 is 0 Å². The van der Waals surface area contributed by atoms with Gasteiger partial charge in [0.1, 0.15) is 0 Å². The number of sulfone groups is 1. The molecule has 0 fully saturated rings. The Morgan fingerprint density at radius 1 is 1.38 bits per heavy atom. The van der Waals surface area contributed by atoms with Gasteiger partial charge in [-0.15, -0.1) is 11.6 Å². The summed E-state index contributed by atoms with van der Waals surface area (Å²) in [6.45, 7) is 3.31. The molecule has 90 valence electrons. The summed E-state index contributed by atoms with van der Waals surface area (Å²) in [5.41, 5.74) is 0.992. The number of aromatic nitrogens is 1. The number of rotatable bonds is 4. The van der Waals surface area contributed by atoms with E-state index in [1.165, 1.54) is 6.26 Å². The summed E-state index contributed by atoms with van der Waals surface area (Å²) in [4.78, 5) is 3.90. The van der Waals surface area contributed by atoms with Crippen molar-refractivity contribution in [3.8, 4) is 0 Å². The van der Waals surface area contributed by atoms with E-state index in [0.29, 0.717) is 6.42 Å². The van der Waals surface area contributed by atoms with Crippen LogP contribution in [0.4, 0.5) is 0 Å². The molecule has 1 heterocycles. The minimum atomic E-state index is -3.17. The van der Waals surface area contributed by atoms with Gasteiger partial charge in [-0.3, -0.25) is 4.98 Å². The van der Waals surface area contributed by atoms with Gasteiger partial charge in [0.25, 0.3) is 0 Å². The Kier molecular flexibility index (Phi) is 3.97. The fourth-order valence-electron chi connectivity index (χ4n) is 1.20. The second-order valence-electron chi connectivity index (χ2n) is 4.40. The average molecular weight is 262 g/mol. The van der Waals surface area contributed by atoms with Crippen LogP contribution < -0.4 is 0 Å². The second-order valence-corrected chi connectivity index (χ2v) is 7.53. The molecule has 0 aromatic carbocycles. The molecule has 0 N–H and O–H groups in total. The molecule has 1 aromatic heterocycles. The third-order valence-corrected chi connectivity index (χ3v) is 5.90. The van der Waals surface area contributed by atoms with Gasteiger partial charge in [-0.1, -0.05) is 0 Å². The minimum absolute atomic E-state index is 0.454. The van der Waals surface area contributed by atoms with Crippen LogP contribution in [0, 0.1) is 0 Å². The third-order valence-electron chi connectivity index (χ3n) is 2.87. The smallest absolute Gasteiger partial charge is 0.154 e. The summed E-state index contributed by atoms with van der Waals surface area (Å²) >= 11 is 6.19. The quantitative estimate of drug-likeness (QED) is 0.780. The molecule has 0 bridgehead atoms. The molecule has 16 heavy (non-hydrogen) atoms. The van der Waals surface area contributed by atoms with Crippen molar-refractivity contribution in [1.82, 2.24) is 4.98 Å². The number of alkyl halides is 1. The van der Waals surface area contributed by atoms with E-state index < -0.39 is 20.0 Å². The fourth-order valence-corrected chi connectivity index (χ4v) is 2.42. The lowest BCUT2D eigenvalue weighted by atomic mass is 10.0. The molecule has 5 heteroatoms. The number of halogens is 1. The summed E-state index contributed by atoms with van der Waals surface area (Å²) in [7, 11) is -3.17. The molecule has 0 spiro atoms. The highest BCUT2D eigenvalue weighted by Crippen LogP contribution is 2.27. The van der Waals surface area contributed by atoms with Gasteiger partial charge < -0.3 is 0 Å². The van der Waals surface area contributed by atoms with Gasteiger partial charge >= 0.3 is 0 Å². The van der Waals surface area contributed by atoms with Gasteiger partial charge in [-0.2, -0.15) is 0 Å². The van der Waals surface area contributed by atoms with Crippen LogP contribution in [0.3, 0.4) is 0 Å². The molecule has 0 aliphatic rings. The number of hydrogen-bond donors (Lipinski definition) is 0. The molecule has 1 aromatic rings. The number of nitrogens with zero attached hydrogens (tertiary/aromatic N) is 1. The maximum atomic E-state index is 11.6. The predicted octanol–water partition coefficient (Wildman–Crippen LogP) is 2.05. The van der Waals surface area contributed by atoms with Crippen molar-refractivity contribution < 1.29 is 8.42 Å². The Hall–Kier alpha value is -0.610. The topological polar surface area (TPSA) is 47.0 Å². The van der Waals surface area contributed by atoms with Crippen molar-refractivity contribution >= 4 is 21.4 Å². The zero-order chi connectivity index (χ0) is 12.4. The molecule has 0 saturated carbocycles. The predicted molar refractivity (Wildman–Crippen MR) is 66.5 cm³/mol. The van der Waals surface area contributed by atoms with Crippen LogP contribution in [-0.4, -0.2) is 29.8 Å². The van der Waals surface area contributed by atoms with Crippen LogP contribution in [0.2, 0.25) is 0 Å². The summed E-state index contributed by atoms with van der Waals surface area (Å²) in [6, 6.07) is 3.68. The van der Waals surface area contributed by atoms with Crippen LogP contribution in [0.15, 0.2) is 24.5 Å². The summed E-state index contributed by atoms with van der Waals surface area (Å²) < 4.78 is 22.2. The largest absolute Gasteiger partial charge is 0.265 e. The van der Waals surface area contributed by atoms with Gasteiger partial charge in [0, 0.05) is 18.6 Å². The molecule has 0 aliphatic heterocycles. The molecule has 0 aliphatic carbocycles. The monoisotopic (exact) mass is 261 g/mol. The zero-order valence-corrected chi connectivity index (χ0v) is 11.2. The Bertz CT molecular complexity index is 442. The van der Waals surface area contributed by atoms with Crippen LogP contribution in [0.25, 0.3) is 0 Å². The van der Waals surface area contributed by atoms with Crippen molar-refractivity contribution in [2.75, 3.05) is 6.26 Å². The SMILES string of the molecule is CC(C)(C(Cl)Cc1ccncc1)S(C)(=O)=O. The first-order chi connectivity index (χ1) is 7.25. The van der Waals surface area contributed by atoms with E-state index in [1.807, 2.05) is 12.1 Å². The number of hydrogen-bond acceptors (Lipinski definition) is 3. The van der Waals surface area contributed by atoms with Gasteiger partial charge in [-0.25, -0.2) is 8.42 Å². The first-order valence-corrected chi connectivity index (χ1v) is 7.30. The van der Waals surface area contributed by atoms with Gasteiger partial charge in [-0.05, 0) is 38.0 Å². The molecule has 1 atom stereocenters. The zero-order valence-electron chi connectivity index (χ0n) is 9.64. The Balaban J connectivity index is 2.85. The van der Waals surface area contributed by atoms with Crippen molar-refractivity contribution in [3.63, 3.8) is 0 Å². The van der Waals surface area contributed by atoms with Crippen molar-refractivity contribution in [2.24, 2.45) is 0 Å². The molecule has 1 unspecified atom stereocenters. The Labute approximate surface area is 102 Å². The van der Waals surface area contributed by atoms with Crippen LogP contribution >= 0.6 is 11.6 Å². The molecule has 0 radical (unpaired) electrons. The lowest BCUT2D eigenvalue weighted by Crippen LogP contribution is -2.41. The lowest BCUT2D eigenvalue weighted by molar-refractivity contribution is 0.536. The standard InChI is InChI=1S/C11H16ClNO2S/c1-11(2,16(3,14)15)10(12)8-9-4-6-13-7-5-9/h4-7,10H,8H2,1-3H3. The molecule has 0 saturated heterocycles. The van der Waals surface area contributed by atoms with E-state index in [9.17, 15) is 8.42 Å². The van der Waals surface area contributed by atoms with E-state index in [0.717, 1.165) is 5.56 Å². The molecule has 1 rings (SSSR count). The summed E-state index contributed by atoms with van der Waals surface area (Å²) in [5, 5.41) is -0.454. The minimum Gasteiger partial charge on any atom is -0.265 e. The fraction of sp³-hybridized carbons (Fsp3) is 0.545. The lowest BCUT2D eigenvalue weighted by Gasteiger charge is -2.28. The Morgan fingerprint density at radius 2 is 1.88 bits per heavy atom. The van der Waals surface area contributed by atoms with E-state index in [4.69, 9.17) is 11.6 Å². The van der Waals surface area contributed by atoms with Gasteiger partial charge in [0.05, 0.1) is 10.1 Å². The number of pyridine rings is 1. The van der Waals surface area contributed by atoms with E-state index in [-0.39, 0.29) is 0 Å². The average Bonchev–Trinajstić information content (AvgIpc) is 2.17. The van der Waals surface area contributed by atoms with E-state index in [1.54, 1.807) is 26.2 Å². The molecule has 3 nitrogen and oxygen atoms in total. The molecular weight excluding hydrogens is 246 g/mol. The van der Waals surface area contributed by atoms with Crippen molar-refractivity contribution in [3.05, 3.63) is 30.1 Å². The highest BCUT2D eigenvalue weighted by atomic mass is 35.5. The normalized spacial score (nSPS) is 14.8. The summed E-state index contributed by atoms with van der Waals surface area (Å²) in [6.07, 6.45) is 5.08.